The van der Waals surface area contributed by atoms with Gasteiger partial charge in [0, 0.05) is 6.42 Å². The minimum Gasteiger partial charge on any atom is -0.393 e. The zero-order chi connectivity index (χ0) is 10.6. The quantitative estimate of drug-likeness (QED) is 0.767. The van der Waals surface area contributed by atoms with E-state index in [1.807, 2.05) is 24.3 Å². The van der Waals surface area contributed by atoms with E-state index in [0.29, 0.717) is 14.9 Å². The van der Waals surface area contributed by atoms with Crippen molar-refractivity contribution in [3.05, 3.63) is 24.3 Å². The maximum absolute atomic E-state index is 9.37. The molecule has 0 saturated carbocycles. The van der Waals surface area contributed by atoms with Crippen LogP contribution in [-0.2, 0) is 4.52 Å². The standard InChI is InChI=1S/C7H10N3O2P3/c11-6-7(4-2-1-3-5-7)12-15-9-13-8-14-10-15/h1-4,11H,5-6H2,(H,8,9,10). The van der Waals surface area contributed by atoms with Crippen LogP contribution >= 0.6 is 25.5 Å². The highest BCUT2D eigenvalue weighted by Gasteiger charge is 2.31. The monoisotopic (exact) mass is 261 g/mol. The van der Waals surface area contributed by atoms with Crippen LogP contribution in [-0.4, -0.2) is 17.3 Å². The number of allylic oxidation sites excluding steroid dienone is 2. The van der Waals surface area contributed by atoms with Gasteiger partial charge in [0.2, 0.25) is 0 Å². The zero-order valence-electron chi connectivity index (χ0n) is 7.82. The fraction of sp³-hybridized carbons (Fsp3) is 0.429. The summed E-state index contributed by atoms with van der Waals surface area (Å²) in [6.45, 7) is -0.0329. The van der Waals surface area contributed by atoms with Crippen molar-refractivity contribution < 1.29 is 9.63 Å². The van der Waals surface area contributed by atoms with E-state index in [4.69, 9.17) is 4.52 Å². The minimum absolute atomic E-state index is 0.0329. The molecule has 5 nitrogen and oxygen atoms in total. The smallest absolute Gasteiger partial charge is 0.251 e. The molecule has 80 valence electrons. The van der Waals surface area contributed by atoms with Crippen LogP contribution in [0.1, 0.15) is 6.42 Å². The SMILES string of the molecule is OCC1(OP2N=PN=PN2)C=CC=CC1. The van der Waals surface area contributed by atoms with Gasteiger partial charge in [0.25, 0.3) is 8.45 Å². The minimum atomic E-state index is -1.04. The van der Waals surface area contributed by atoms with Crippen LogP contribution < -0.4 is 4.86 Å². The summed E-state index contributed by atoms with van der Waals surface area (Å²) in [6, 6.07) is 0. The van der Waals surface area contributed by atoms with E-state index >= 15 is 0 Å². The molecular formula is C7H10N3O2P3. The molecule has 0 radical (unpaired) electrons. The molecule has 1 heterocycles. The van der Waals surface area contributed by atoms with E-state index in [9.17, 15) is 5.11 Å². The molecule has 2 N–H and O–H groups in total. The number of rotatable bonds is 3. The largest absolute Gasteiger partial charge is 0.393 e. The highest BCUT2D eigenvalue weighted by atomic mass is 31.2. The van der Waals surface area contributed by atoms with Crippen molar-refractivity contribution in [2.24, 2.45) is 9.03 Å². The predicted molar refractivity (Wildman–Crippen MR) is 62.6 cm³/mol. The van der Waals surface area contributed by atoms with Gasteiger partial charge in [0.05, 0.1) is 6.61 Å². The van der Waals surface area contributed by atoms with Crippen LogP contribution in [0, 0.1) is 0 Å². The maximum Gasteiger partial charge on any atom is 0.251 e. The fourth-order valence-corrected chi connectivity index (χ4v) is 4.33. The first-order valence-electron chi connectivity index (χ1n) is 4.35. The Morgan fingerprint density at radius 2 is 2.53 bits per heavy atom. The molecule has 1 aliphatic heterocycles. The average molecular weight is 261 g/mol. The molecule has 2 unspecified atom stereocenters. The van der Waals surface area contributed by atoms with E-state index in [2.05, 4.69) is 13.9 Å². The van der Waals surface area contributed by atoms with Gasteiger partial charge in [-0.25, -0.2) is 0 Å². The molecule has 0 fully saturated rings. The van der Waals surface area contributed by atoms with Crippen molar-refractivity contribution in [2.75, 3.05) is 6.61 Å². The van der Waals surface area contributed by atoms with E-state index in [0.717, 1.165) is 8.52 Å². The van der Waals surface area contributed by atoms with E-state index < -0.39 is 14.1 Å². The van der Waals surface area contributed by atoms with Crippen molar-refractivity contribution in [1.82, 2.24) is 4.86 Å². The molecule has 0 amide bonds. The second kappa shape index (κ2) is 5.36. The third-order valence-corrected chi connectivity index (χ3v) is 5.21. The van der Waals surface area contributed by atoms with Gasteiger partial charge in [0.15, 0.2) is 8.52 Å². The Bertz CT molecular complexity index is 344. The van der Waals surface area contributed by atoms with Gasteiger partial charge in [-0.3, -0.25) is 0 Å². The summed E-state index contributed by atoms with van der Waals surface area (Å²) in [5.41, 5.74) is -0.612. The lowest BCUT2D eigenvalue weighted by molar-refractivity contribution is 0.0620. The number of hydrogen-bond donors (Lipinski definition) is 2. The maximum atomic E-state index is 9.37. The Kier molecular flexibility index (Phi) is 4.10. The fourth-order valence-electron chi connectivity index (χ4n) is 1.22. The average Bonchev–Trinajstić information content (AvgIpc) is 2.32. The summed E-state index contributed by atoms with van der Waals surface area (Å²) >= 11 is 0. The molecule has 0 aromatic heterocycles. The molecule has 15 heavy (non-hydrogen) atoms. The molecule has 2 atom stereocenters. The van der Waals surface area contributed by atoms with Gasteiger partial charge >= 0.3 is 0 Å². The molecule has 1 aliphatic carbocycles. The molecule has 0 aromatic carbocycles. The lowest BCUT2D eigenvalue weighted by Crippen LogP contribution is -2.33. The van der Waals surface area contributed by atoms with E-state index in [1.165, 1.54) is 0 Å². The third-order valence-electron chi connectivity index (χ3n) is 1.98. The number of nitrogens with one attached hydrogen (secondary N) is 1. The summed E-state index contributed by atoms with van der Waals surface area (Å²) in [5, 5.41) is 9.37. The van der Waals surface area contributed by atoms with Crippen molar-refractivity contribution in [3.8, 4) is 0 Å². The Labute approximate surface area is 92.4 Å². The van der Waals surface area contributed by atoms with Gasteiger partial charge in [0.1, 0.15) is 14.1 Å². The molecule has 0 spiro atoms. The third kappa shape index (κ3) is 2.98. The Hall–Kier alpha value is -0.0100. The summed E-state index contributed by atoms with van der Waals surface area (Å²) in [7, 11) is 0.458. The van der Waals surface area contributed by atoms with Crippen molar-refractivity contribution in [2.45, 2.75) is 12.0 Å². The lowest BCUT2D eigenvalue weighted by Gasteiger charge is -2.31. The lowest BCUT2D eigenvalue weighted by atomic mass is 9.97. The summed E-state index contributed by atoms with van der Waals surface area (Å²) in [4.78, 5) is 3.03. The van der Waals surface area contributed by atoms with Crippen molar-refractivity contribution in [3.63, 3.8) is 0 Å². The normalized spacial score (nSPS) is 35.7. The van der Waals surface area contributed by atoms with Gasteiger partial charge < -0.3 is 9.63 Å². The molecule has 0 aromatic rings. The zero-order valence-corrected chi connectivity index (χ0v) is 10.5. The Morgan fingerprint density at radius 1 is 1.60 bits per heavy atom. The van der Waals surface area contributed by atoms with Gasteiger partial charge in [-0.05, 0) is 6.08 Å². The Balaban J connectivity index is 2.02. The molecule has 8 heteroatoms. The first-order valence-corrected chi connectivity index (χ1v) is 7.21. The molecule has 0 saturated heterocycles. The second-order valence-electron chi connectivity index (χ2n) is 3.05. The number of nitrogens with zero attached hydrogens (tertiary/aromatic N) is 2. The summed E-state index contributed by atoms with van der Waals surface area (Å²) in [6.07, 6.45) is 8.38. The Morgan fingerprint density at radius 3 is 3.13 bits per heavy atom. The molecule has 0 bridgehead atoms. The first-order chi connectivity index (χ1) is 7.35. The first kappa shape index (κ1) is 11.5. The van der Waals surface area contributed by atoms with Crippen LogP contribution in [0.3, 0.4) is 0 Å². The summed E-state index contributed by atoms with van der Waals surface area (Å²) in [5.74, 6) is 0. The molecule has 2 rings (SSSR count). The van der Waals surface area contributed by atoms with Gasteiger partial charge in [-0.1, -0.05) is 18.2 Å². The van der Waals surface area contributed by atoms with E-state index in [-0.39, 0.29) is 6.61 Å². The van der Waals surface area contributed by atoms with Crippen LogP contribution in [0.2, 0.25) is 0 Å². The van der Waals surface area contributed by atoms with Crippen molar-refractivity contribution in [1.29, 1.82) is 0 Å². The van der Waals surface area contributed by atoms with Crippen LogP contribution in [0.5, 0.6) is 0 Å². The van der Waals surface area contributed by atoms with Gasteiger partial charge in [-0.15, -0.1) is 0 Å². The number of aliphatic hydroxyl groups is 1. The topological polar surface area (TPSA) is 66.2 Å². The molecule has 2 aliphatic rings. The molecular weight excluding hydrogens is 251 g/mol. The summed E-state index contributed by atoms with van der Waals surface area (Å²) < 4.78 is 13.9. The highest BCUT2D eigenvalue weighted by Crippen LogP contribution is 2.48. The predicted octanol–water partition coefficient (Wildman–Crippen LogP) is 3.17. The highest BCUT2D eigenvalue weighted by molar-refractivity contribution is 7.63. The van der Waals surface area contributed by atoms with Crippen molar-refractivity contribution >= 4 is 25.5 Å². The van der Waals surface area contributed by atoms with Crippen LogP contribution in [0.4, 0.5) is 0 Å². The van der Waals surface area contributed by atoms with E-state index in [1.54, 1.807) is 0 Å². The van der Waals surface area contributed by atoms with Crippen LogP contribution in [0.25, 0.3) is 0 Å². The van der Waals surface area contributed by atoms with Crippen LogP contribution in [0.15, 0.2) is 33.3 Å². The second-order valence-corrected chi connectivity index (χ2v) is 6.39. The van der Waals surface area contributed by atoms with Gasteiger partial charge in [-0.2, -0.15) is 13.9 Å². The number of aliphatic hydroxyl groups excluding tert-OH is 1. The number of hydrogen-bond acceptors (Lipinski definition) is 5.